The van der Waals surface area contributed by atoms with E-state index in [4.69, 9.17) is 0 Å². The van der Waals surface area contributed by atoms with Crippen molar-refractivity contribution < 1.29 is 4.48 Å². The maximum atomic E-state index is 2.70. The van der Waals surface area contributed by atoms with Gasteiger partial charge in [-0.15, -0.1) is 24.8 Å². The van der Waals surface area contributed by atoms with Crippen molar-refractivity contribution in [3.8, 4) is 0 Å². The molecule has 2 aromatic rings. The predicted octanol–water partition coefficient (Wildman–Crippen LogP) is 7.35. The predicted molar refractivity (Wildman–Crippen MR) is 161 cm³/mol. The number of halogens is 2. The molecule has 3 nitrogen and oxygen atoms in total. The molecule has 1 fully saturated rings. The van der Waals surface area contributed by atoms with Crippen molar-refractivity contribution in [2.75, 3.05) is 26.2 Å². The first kappa shape index (κ1) is 28.1. The summed E-state index contributed by atoms with van der Waals surface area (Å²) in [6.45, 7) is 5.98. The van der Waals surface area contributed by atoms with Crippen molar-refractivity contribution in [3.05, 3.63) is 118 Å². The molecule has 0 spiro atoms. The molecule has 4 aliphatic heterocycles. The minimum atomic E-state index is 0. The van der Waals surface area contributed by atoms with Crippen LogP contribution in [-0.2, 0) is 13.0 Å². The molecule has 2 atom stereocenters. The summed E-state index contributed by atoms with van der Waals surface area (Å²) in [5.41, 5.74) is 4.27. The molecule has 2 aromatic carbocycles. The molecule has 196 valence electrons. The van der Waals surface area contributed by atoms with Gasteiger partial charge in [-0.3, -0.25) is 9.38 Å². The fourth-order valence-corrected chi connectivity index (χ4v) is 7.15. The van der Waals surface area contributed by atoms with Crippen LogP contribution in [0.25, 0.3) is 0 Å². The first-order valence-electron chi connectivity index (χ1n) is 13.2. The summed E-state index contributed by atoms with van der Waals surface area (Å²) in [6, 6.07) is 22.1. The van der Waals surface area contributed by atoms with E-state index in [2.05, 4.69) is 106 Å². The number of benzene rings is 2. The molecule has 0 aromatic heterocycles. The summed E-state index contributed by atoms with van der Waals surface area (Å²) in [7, 11) is 0. The Kier molecular flexibility index (Phi) is 9.66. The number of piperidine rings is 1. The van der Waals surface area contributed by atoms with Gasteiger partial charge in [0.1, 0.15) is 18.4 Å². The second-order valence-corrected chi connectivity index (χ2v) is 11.4. The molecule has 37 heavy (non-hydrogen) atoms. The third-order valence-electron chi connectivity index (χ3n) is 8.05. The number of rotatable bonds is 8. The van der Waals surface area contributed by atoms with Crippen molar-refractivity contribution >= 4 is 36.6 Å². The average Bonchev–Trinajstić information content (AvgIpc) is 3.21. The van der Waals surface area contributed by atoms with Gasteiger partial charge in [0.25, 0.3) is 0 Å². The first-order chi connectivity index (χ1) is 17.3. The highest BCUT2D eigenvalue weighted by Gasteiger charge is 2.49. The van der Waals surface area contributed by atoms with Gasteiger partial charge in [-0.2, -0.15) is 0 Å². The Morgan fingerprint density at radius 3 is 2.32 bits per heavy atom. The highest BCUT2D eigenvalue weighted by molar-refractivity contribution is 8.05. The molecule has 4 heterocycles. The summed E-state index contributed by atoms with van der Waals surface area (Å²) in [4.78, 5) is 5.28. The Morgan fingerprint density at radius 1 is 0.892 bits per heavy atom. The maximum absolute atomic E-state index is 2.70. The standard InChI is InChI=1S/C31H36N3S.2ClH/c1-3-9-26(10-4-1)13-8-19-32-20-16-28(17-21-32)24-34(23-27-11-5-2-6-12-27)25-29-18-22-35-31-15-7-14-30(34)33(29)31;;/h1-7,9-12,14-15,18,22,25,28,30H,8,13,16-17,19-21,23-24H2;2*1H/q+1;;. The fourth-order valence-electron chi connectivity index (χ4n) is 6.32. The van der Waals surface area contributed by atoms with Gasteiger partial charge in [-0.25, -0.2) is 0 Å². The second-order valence-electron chi connectivity index (χ2n) is 10.5. The largest absolute Gasteiger partial charge is 0.303 e. The van der Waals surface area contributed by atoms with E-state index >= 15 is 0 Å². The van der Waals surface area contributed by atoms with E-state index < -0.39 is 0 Å². The molecule has 6 heteroatoms. The lowest BCUT2D eigenvalue weighted by molar-refractivity contribution is -0.916. The molecule has 0 aliphatic carbocycles. The van der Waals surface area contributed by atoms with Gasteiger partial charge in [0, 0.05) is 11.5 Å². The van der Waals surface area contributed by atoms with Gasteiger partial charge in [-0.05, 0) is 74.5 Å². The number of hydrogen-bond acceptors (Lipinski definition) is 3. The molecule has 6 rings (SSSR count). The lowest BCUT2D eigenvalue weighted by Crippen LogP contribution is -2.55. The number of likely N-dealkylation sites (tertiary alicyclic amines) is 1. The monoisotopic (exact) mass is 554 g/mol. The van der Waals surface area contributed by atoms with Crippen LogP contribution in [0.5, 0.6) is 0 Å². The zero-order chi connectivity index (χ0) is 23.5. The van der Waals surface area contributed by atoms with Crippen LogP contribution in [0.1, 0.15) is 30.4 Å². The van der Waals surface area contributed by atoms with Gasteiger partial charge in [0.05, 0.1) is 11.6 Å². The molecule has 0 radical (unpaired) electrons. The van der Waals surface area contributed by atoms with Crippen LogP contribution in [0.15, 0.2) is 107 Å². The lowest BCUT2D eigenvalue weighted by Gasteiger charge is -2.44. The summed E-state index contributed by atoms with van der Waals surface area (Å²) in [5.74, 6) is 0.765. The van der Waals surface area contributed by atoms with E-state index in [0.29, 0.717) is 6.17 Å². The van der Waals surface area contributed by atoms with Crippen molar-refractivity contribution in [1.29, 1.82) is 0 Å². The van der Waals surface area contributed by atoms with E-state index in [1.807, 2.05) is 11.8 Å². The van der Waals surface area contributed by atoms with Crippen molar-refractivity contribution in [2.24, 2.45) is 5.92 Å². The van der Waals surface area contributed by atoms with Crippen LogP contribution in [0.3, 0.4) is 0 Å². The molecule has 2 unspecified atom stereocenters. The van der Waals surface area contributed by atoms with E-state index in [0.717, 1.165) is 16.9 Å². The van der Waals surface area contributed by atoms with Crippen LogP contribution in [0, 0.1) is 5.92 Å². The Bertz CT molecular complexity index is 1140. The summed E-state index contributed by atoms with van der Waals surface area (Å²) < 4.78 is 1.01. The Morgan fingerprint density at radius 2 is 1.59 bits per heavy atom. The van der Waals surface area contributed by atoms with Crippen LogP contribution in [0.2, 0.25) is 0 Å². The summed E-state index contributed by atoms with van der Waals surface area (Å²) in [6.07, 6.45) is 17.3. The number of quaternary nitrogens is 1. The van der Waals surface area contributed by atoms with Gasteiger partial charge in [0.2, 0.25) is 0 Å². The normalized spacial score (nSPS) is 24.5. The number of nitrogens with zero attached hydrogens (tertiary/aromatic N) is 3. The van der Waals surface area contributed by atoms with Crippen LogP contribution in [-0.4, -0.2) is 46.6 Å². The van der Waals surface area contributed by atoms with E-state index in [1.54, 1.807) is 0 Å². The summed E-state index contributed by atoms with van der Waals surface area (Å²) >= 11 is 1.85. The zero-order valence-electron chi connectivity index (χ0n) is 21.3. The van der Waals surface area contributed by atoms with Crippen LogP contribution >= 0.6 is 36.6 Å². The number of hydrogen-bond donors (Lipinski definition) is 0. The van der Waals surface area contributed by atoms with Gasteiger partial charge in [-0.1, -0.05) is 78.5 Å². The SMILES string of the molecule is C1=CC2N3C(=C[N+]2(Cc2ccccc2)CC2CCN(CCCc4ccccc4)CC2)C=CSC3=C1.Cl.Cl. The van der Waals surface area contributed by atoms with Gasteiger partial charge in [0.15, 0.2) is 6.17 Å². The molecular weight excluding hydrogens is 517 g/mol. The Balaban J connectivity index is 0.00000160. The minimum absolute atomic E-state index is 0. The summed E-state index contributed by atoms with van der Waals surface area (Å²) in [5, 5.41) is 3.62. The smallest absolute Gasteiger partial charge is 0.194 e. The molecule has 0 saturated carbocycles. The van der Waals surface area contributed by atoms with Crippen molar-refractivity contribution in [3.63, 3.8) is 0 Å². The molecule has 4 aliphatic rings. The average molecular weight is 556 g/mol. The maximum Gasteiger partial charge on any atom is 0.194 e. The zero-order valence-corrected chi connectivity index (χ0v) is 23.8. The second kappa shape index (κ2) is 12.7. The van der Waals surface area contributed by atoms with Gasteiger partial charge < -0.3 is 4.90 Å². The highest BCUT2D eigenvalue weighted by Crippen LogP contribution is 2.46. The quantitative estimate of drug-likeness (QED) is 0.315. The third-order valence-corrected chi connectivity index (χ3v) is 8.90. The third kappa shape index (κ3) is 6.21. The van der Waals surface area contributed by atoms with E-state index in [-0.39, 0.29) is 24.8 Å². The molecule has 1 saturated heterocycles. The Hall–Kier alpha value is -1.95. The van der Waals surface area contributed by atoms with E-state index in [9.17, 15) is 0 Å². The molecular formula is C31H38Cl2N3S+. The van der Waals surface area contributed by atoms with Crippen LogP contribution < -0.4 is 0 Å². The Labute approximate surface area is 239 Å². The van der Waals surface area contributed by atoms with Gasteiger partial charge >= 0.3 is 0 Å². The van der Waals surface area contributed by atoms with Crippen molar-refractivity contribution in [2.45, 2.75) is 38.4 Å². The highest BCUT2D eigenvalue weighted by atomic mass is 35.5. The lowest BCUT2D eigenvalue weighted by atomic mass is 9.94. The fraction of sp³-hybridized carbons (Fsp3) is 0.355. The number of allylic oxidation sites excluding steroid dienone is 3. The van der Waals surface area contributed by atoms with Crippen molar-refractivity contribution in [1.82, 2.24) is 9.80 Å². The number of thioether (sulfide) groups is 1. The number of aryl methyl sites for hydroxylation is 1. The van der Waals surface area contributed by atoms with E-state index in [1.165, 1.54) is 73.7 Å². The topological polar surface area (TPSA) is 6.48 Å². The molecule has 0 amide bonds. The molecule has 0 N–H and O–H groups in total. The minimum Gasteiger partial charge on any atom is -0.303 e. The first-order valence-corrected chi connectivity index (χ1v) is 14.1. The van der Waals surface area contributed by atoms with Crippen LogP contribution in [0.4, 0.5) is 0 Å². The molecule has 0 bridgehead atoms.